The largest absolute Gasteiger partial charge is 0.454 e. The van der Waals surface area contributed by atoms with Gasteiger partial charge in [-0.3, -0.25) is 14.3 Å². The van der Waals surface area contributed by atoms with Gasteiger partial charge in [-0.05, 0) is 48.0 Å². The molecule has 0 unspecified atom stereocenters. The molecular weight excluding hydrogens is 382 g/mol. The summed E-state index contributed by atoms with van der Waals surface area (Å²) in [6.45, 7) is 3.85. The van der Waals surface area contributed by atoms with Gasteiger partial charge in [0.1, 0.15) is 0 Å². The van der Waals surface area contributed by atoms with Crippen molar-refractivity contribution in [2.24, 2.45) is 5.92 Å². The van der Waals surface area contributed by atoms with Crippen molar-refractivity contribution >= 4 is 23.3 Å². The molecule has 0 radical (unpaired) electrons. The Morgan fingerprint density at radius 1 is 1.00 bits per heavy atom. The average molecular weight is 405 g/mol. The fourth-order valence-corrected chi connectivity index (χ4v) is 2.65. The fraction of sp³-hybridized carbons (Fsp3) is 0.217. The fourth-order valence-electron chi connectivity index (χ4n) is 2.65. The van der Waals surface area contributed by atoms with Gasteiger partial charge in [0.2, 0.25) is 5.91 Å². The molecule has 3 rings (SSSR count). The highest BCUT2D eigenvalue weighted by molar-refractivity contribution is 6.00. The molecule has 3 aromatic rings. The number of ether oxygens (including phenoxy) is 1. The molecule has 0 aliphatic carbocycles. The summed E-state index contributed by atoms with van der Waals surface area (Å²) in [7, 11) is 0. The second kappa shape index (κ2) is 9.65. The Morgan fingerprint density at radius 2 is 1.67 bits per heavy atom. The summed E-state index contributed by atoms with van der Waals surface area (Å²) in [5, 5.41) is 6.90. The van der Waals surface area contributed by atoms with Gasteiger partial charge < -0.3 is 10.1 Å². The zero-order valence-corrected chi connectivity index (χ0v) is 16.9. The Bertz CT molecular complexity index is 1010. The first-order chi connectivity index (χ1) is 14.4. The van der Waals surface area contributed by atoms with Gasteiger partial charge in [-0.15, -0.1) is 0 Å². The minimum Gasteiger partial charge on any atom is -0.454 e. The molecule has 1 aromatic heterocycles. The van der Waals surface area contributed by atoms with Gasteiger partial charge in [0.25, 0.3) is 0 Å². The highest BCUT2D eigenvalue weighted by Crippen LogP contribution is 2.12. The average Bonchev–Trinajstić information content (AvgIpc) is 3.25. The van der Waals surface area contributed by atoms with Gasteiger partial charge in [-0.1, -0.05) is 26.0 Å². The lowest BCUT2D eigenvalue weighted by Crippen LogP contribution is -2.18. The summed E-state index contributed by atoms with van der Waals surface area (Å²) in [5.41, 5.74) is 2.38. The molecule has 1 N–H and O–H groups in total. The molecule has 7 nitrogen and oxygen atoms in total. The molecule has 0 atom stereocenters. The van der Waals surface area contributed by atoms with Gasteiger partial charge >= 0.3 is 5.97 Å². The number of carbonyl (C=O) groups is 3. The standard InChI is InChI=1S/C23H23N3O4/c1-16(2)22(28)25-20-10-8-18(9-11-20)21(27)15-30-23(29)19-6-4-17(5-7-19)14-26-13-3-12-24-26/h3-13,16H,14-15H2,1-2H3,(H,25,28). The first-order valence-electron chi connectivity index (χ1n) is 9.60. The third-order valence-corrected chi connectivity index (χ3v) is 4.43. The van der Waals surface area contributed by atoms with E-state index < -0.39 is 5.97 Å². The number of esters is 1. The molecule has 0 saturated carbocycles. The van der Waals surface area contributed by atoms with E-state index in [1.807, 2.05) is 24.4 Å². The van der Waals surface area contributed by atoms with Crippen molar-refractivity contribution in [2.75, 3.05) is 11.9 Å². The minimum absolute atomic E-state index is 0.0985. The number of rotatable bonds is 8. The summed E-state index contributed by atoms with van der Waals surface area (Å²) < 4.78 is 6.92. The number of benzene rings is 2. The number of carbonyl (C=O) groups excluding carboxylic acids is 3. The minimum atomic E-state index is -0.560. The van der Waals surface area contributed by atoms with Crippen LogP contribution in [0.1, 0.15) is 40.1 Å². The predicted molar refractivity (Wildman–Crippen MR) is 112 cm³/mol. The topological polar surface area (TPSA) is 90.3 Å². The van der Waals surface area contributed by atoms with Crippen LogP contribution in [0.25, 0.3) is 0 Å². The molecule has 154 valence electrons. The van der Waals surface area contributed by atoms with Crippen LogP contribution in [0.2, 0.25) is 0 Å². The normalized spacial score (nSPS) is 10.6. The maximum atomic E-state index is 12.3. The second-order valence-electron chi connectivity index (χ2n) is 7.12. The van der Waals surface area contributed by atoms with Gasteiger partial charge in [0, 0.05) is 29.6 Å². The number of ketones is 1. The summed E-state index contributed by atoms with van der Waals surface area (Å²) in [5.74, 6) is -1.11. The van der Waals surface area contributed by atoms with E-state index in [9.17, 15) is 14.4 Å². The Balaban J connectivity index is 1.51. The van der Waals surface area contributed by atoms with E-state index in [0.717, 1.165) is 5.56 Å². The number of Topliss-reactive ketones (excluding diaryl/α,β-unsaturated/α-hetero) is 1. The van der Waals surface area contributed by atoms with Crippen molar-refractivity contribution < 1.29 is 19.1 Å². The molecule has 0 spiro atoms. The summed E-state index contributed by atoms with van der Waals surface area (Å²) in [6, 6.07) is 15.3. The number of aromatic nitrogens is 2. The first kappa shape index (κ1) is 21.0. The second-order valence-corrected chi connectivity index (χ2v) is 7.12. The van der Waals surface area contributed by atoms with Gasteiger partial charge in [-0.2, -0.15) is 5.10 Å². The van der Waals surface area contributed by atoms with Crippen LogP contribution >= 0.6 is 0 Å². The lowest BCUT2D eigenvalue weighted by molar-refractivity contribution is -0.118. The van der Waals surface area contributed by atoms with E-state index in [1.54, 1.807) is 61.1 Å². The summed E-state index contributed by atoms with van der Waals surface area (Å²) in [4.78, 5) is 36.2. The molecule has 30 heavy (non-hydrogen) atoms. The monoisotopic (exact) mass is 405 g/mol. The van der Waals surface area contributed by atoms with Crippen LogP contribution in [0.15, 0.2) is 67.0 Å². The highest BCUT2D eigenvalue weighted by atomic mass is 16.5. The summed E-state index contributed by atoms with van der Waals surface area (Å²) in [6.07, 6.45) is 3.57. The van der Waals surface area contributed by atoms with Crippen LogP contribution in [-0.2, 0) is 16.1 Å². The maximum absolute atomic E-state index is 12.3. The van der Waals surface area contributed by atoms with E-state index >= 15 is 0 Å². The van der Waals surface area contributed by atoms with Crippen molar-refractivity contribution in [2.45, 2.75) is 20.4 Å². The van der Waals surface area contributed by atoms with Gasteiger partial charge in [0.15, 0.2) is 12.4 Å². The maximum Gasteiger partial charge on any atom is 0.338 e. The number of nitrogens with zero attached hydrogens (tertiary/aromatic N) is 2. The predicted octanol–water partition coefficient (Wildman–Crippen LogP) is 3.57. The summed E-state index contributed by atoms with van der Waals surface area (Å²) >= 11 is 0. The molecule has 0 fully saturated rings. The van der Waals surface area contributed by atoms with Crippen LogP contribution in [0.3, 0.4) is 0 Å². The van der Waals surface area contributed by atoms with Crippen LogP contribution in [-0.4, -0.2) is 34.0 Å². The molecule has 0 saturated heterocycles. The number of hydrogen-bond donors (Lipinski definition) is 1. The molecule has 2 aromatic carbocycles. The van der Waals surface area contributed by atoms with Crippen LogP contribution in [0.5, 0.6) is 0 Å². The zero-order valence-electron chi connectivity index (χ0n) is 16.9. The Hall–Kier alpha value is -3.74. The first-order valence-corrected chi connectivity index (χ1v) is 9.60. The van der Waals surface area contributed by atoms with Crippen LogP contribution in [0, 0.1) is 5.92 Å². The van der Waals surface area contributed by atoms with Gasteiger partial charge in [0.05, 0.1) is 12.1 Å². The molecule has 0 aliphatic heterocycles. The molecule has 1 amide bonds. The third kappa shape index (κ3) is 5.64. The molecule has 7 heteroatoms. The Kier molecular flexibility index (Phi) is 6.75. The lowest BCUT2D eigenvalue weighted by Gasteiger charge is -2.09. The van der Waals surface area contributed by atoms with E-state index in [2.05, 4.69) is 10.4 Å². The number of amides is 1. The van der Waals surface area contributed by atoms with Gasteiger partial charge in [-0.25, -0.2) is 4.79 Å². The SMILES string of the molecule is CC(C)C(=O)Nc1ccc(C(=O)COC(=O)c2ccc(Cn3cccn3)cc2)cc1. The third-order valence-electron chi connectivity index (χ3n) is 4.43. The number of hydrogen-bond acceptors (Lipinski definition) is 5. The molecular formula is C23H23N3O4. The van der Waals surface area contributed by atoms with E-state index in [0.29, 0.717) is 23.4 Å². The van der Waals surface area contributed by atoms with Crippen molar-refractivity contribution in [1.29, 1.82) is 0 Å². The molecule has 0 aliphatic rings. The van der Waals surface area contributed by atoms with Crippen LogP contribution in [0.4, 0.5) is 5.69 Å². The Labute approximate surface area is 174 Å². The van der Waals surface area contributed by atoms with E-state index in [4.69, 9.17) is 4.74 Å². The van der Waals surface area contributed by atoms with Crippen molar-refractivity contribution in [1.82, 2.24) is 9.78 Å². The number of anilines is 1. The lowest BCUT2D eigenvalue weighted by atomic mass is 10.1. The van der Waals surface area contributed by atoms with Crippen molar-refractivity contribution in [3.63, 3.8) is 0 Å². The zero-order chi connectivity index (χ0) is 21.5. The van der Waals surface area contributed by atoms with Crippen molar-refractivity contribution in [3.05, 3.63) is 83.7 Å². The highest BCUT2D eigenvalue weighted by Gasteiger charge is 2.13. The van der Waals surface area contributed by atoms with E-state index in [1.165, 1.54) is 0 Å². The van der Waals surface area contributed by atoms with Crippen molar-refractivity contribution in [3.8, 4) is 0 Å². The van der Waals surface area contributed by atoms with E-state index in [-0.39, 0.29) is 24.2 Å². The molecule has 1 heterocycles. The number of nitrogens with one attached hydrogen (secondary N) is 1. The molecule has 0 bridgehead atoms. The quantitative estimate of drug-likeness (QED) is 0.457. The Morgan fingerprint density at radius 3 is 2.27 bits per heavy atom. The smallest absolute Gasteiger partial charge is 0.338 e. The van der Waals surface area contributed by atoms with Crippen LogP contribution < -0.4 is 5.32 Å².